The summed E-state index contributed by atoms with van der Waals surface area (Å²) in [6.45, 7) is 0. The summed E-state index contributed by atoms with van der Waals surface area (Å²) in [6, 6.07) is 15.3. The van der Waals surface area contributed by atoms with Crippen molar-refractivity contribution in [3.05, 3.63) is 88.5 Å². The van der Waals surface area contributed by atoms with Crippen molar-refractivity contribution in [3.8, 4) is 45.7 Å². The van der Waals surface area contributed by atoms with Gasteiger partial charge in [-0.05, 0) is 54.1 Å². The number of rotatable bonds is 9. The largest absolute Gasteiger partial charge is 0.502 e. The van der Waals surface area contributed by atoms with Gasteiger partial charge in [0, 0.05) is 17.3 Å². The number of hydrogen-bond acceptors (Lipinski definition) is 7. The summed E-state index contributed by atoms with van der Waals surface area (Å²) in [4.78, 5) is 28.5. The molecular formula is C28H26N2O7. The number of allylic oxidation sites excluding steroid dienone is 1. The van der Waals surface area contributed by atoms with Crippen LogP contribution in [0.15, 0.2) is 71.7 Å². The van der Waals surface area contributed by atoms with Gasteiger partial charge in [0.1, 0.15) is 0 Å². The summed E-state index contributed by atoms with van der Waals surface area (Å²) in [5, 5.41) is 10.1. The van der Waals surface area contributed by atoms with E-state index in [1.54, 1.807) is 75.0 Å². The van der Waals surface area contributed by atoms with E-state index in [9.17, 15) is 14.7 Å². The standard InChI is InChI=1S/C28H26N2O7/c1-34-23-11-9-18(15-24(23)35-2)21-16-30(28(33)29-21)20-7-5-6-19(14-20)22(31)10-8-17-12-25(36-3)27(32)26(13-17)37-4/h5-16,32H,1-4H3,(H,29,33)/b10-8+. The lowest BCUT2D eigenvalue weighted by molar-refractivity contribution is 0.104. The highest BCUT2D eigenvalue weighted by Crippen LogP contribution is 2.37. The number of methoxy groups -OCH3 is 4. The Bertz CT molecular complexity index is 1510. The Balaban J connectivity index is 1.61. The molecule has 1 heterocycles. The first-order valence-corrected chi connectivity index (χ1v) is 11.2. The number of aromatic nitrogens is 2. The molecule has 0 spiro atoms. The van der Waals surface area contributed by atoms with Crippen LogP contribution >= 0.6 is 0 Å². The van der Waals surface area contributed by atoms with Crippen LogP contribution in [0.25, 0.3) is 23.0 Å². The summed E-state index contributed by atoms with van der Waals surface area (Å²) in [6.07, 6.45) is 4.66. The van der Waals surface area contributed by atoms with Gasteiger partial charge in [-0.1, -0.05) is 18.2 Å². The number of phenolic OH excluding ortho intramolecular Hbond substituents is 1. The highest BCUT2D eigenvalue weighted by atomic mass is 16.5. The predicted octanol–water partition coefficient (Wildman–Crippen LogP) is 4.47. The molecule has 0 atom stereocenters. The van der Waals surface area contributed by atoms with E-state index in [0.29, 0.717) is 34.0 Å². The van der Waals surface area contributed by atoms with Crippen molar-refractivity contribution in [2.75, 3.05) is 28.4 Å². The first-order valence-electron chi connectivity index (χ1n) is 11.2. The van der Waals surface area contributed by atoms with Crippen LogP contribution in [0, 0.1) is 0 Å². The number of aromatic amines is 1. The molecule has 1 aromatic heterocycles. The van der Waals surface area contributed by atoms with Crippen LogP contribution in [0.3, 0.4) is 0 Å². The van der Waals surface area contributed by atoms with Crippen molar-refractivity contribution in [2.45, 2.75) is 0 Å². The van der Waals surface area contributed by atoms with Gasteiger partial charge in [-0.25, -0.2) is 4.79 Å². The first-order chi connectivity index (χ1) is 17.9. The number of ketones is 1. The molecule has 37 heavy (non-hydrogen) atoms. The molecule has 190 valence electrons. The lowest BCUT2D eigenvalue weighted by Crippen LogP contribution is -2.14. The normalized spacial score (nSPS) is 10.9. The zero-order valence-electron chi connectivity index (χ0n) is 20.8. The minimum atomic E-state index is -0.354. The average molecular weight is 503 g/mol. The van der Waals surface area contributed by atoms with E-state index in [0.717, 1.165) is 5.56 Å². The number of nitrogens with zero attached hydrogens (tertiary/aromatic N) is 1. The fraction of sp³-hybridized carbons (Fsp3) is 0.143. The van der Waals surface area contributed by atoms with Crippen molar-refractivity contribution in [1.29, 1.82) is 0 Å². The molecule has 2 N–H and O–H groups in total. The van der Waals surface area contributed by atoms with Crippen molar-refractivity contribution >= 4 is 11.9 Å². The van der Waals surface area contributed by atoms with Crippen LogP contribution in [-0.2, 0) is 0 Å². The second-order valence-corrected chi connectivity index (χ2v) is 7.93. The van der Waals surface area contributed by atoms with Crippen LogP contribution < -0.4 is 24.6 Å². The van der Waals surface area contributed by atoms with E-state index in [1.807, 2.05) is 6.07 Å². The average Bonchev–Trinajstić information content (AvgIpc) is 3.33. The second-order valence-electron chi connectivity index (χ2n) is 7.93. The number of H-pyrrole nitrogens is 1. The number of benzene rings is 3. The van der Waals surface area contributed by atoms with Crippen molar-refractivity contribution in [1.82, 2.24) is 9.55 Å². The Labute approximate surface area is 213 Å². The summed E-state index contributed by atoms with van der Waals surface area (Å²) in [5.74, 6) is 1.19. The van der Waals surface area contributed by atoms with Gasteiger partial charge in [-0.15, -0.1) is 0 Å². The van der Waals surface area contributed by atoms with E-state index >= 15 is 0 Å². The molecule has 0 aliphatic carbocycles. The molecule has 4 rings (SSSR count). The number of imidazole rings is 1. The van der Waals surface area contributed by atoms with E-state index < -0.39 is 0 Å². The highest BCUT2D eigenvalue weighted by Gasteiger charge is 2.13. The van der Waals surface area contributed by atoms with Gasteiger partial charge < -0.3 is 29.0 Å². The molecule has 0 radical (unpaired) electrons. The van der Waals surface area contributed by atoms with Crippen LogP contribution in [-0.4, -0.2) is 48.9 Å². The minimum Gasteiger partial charge on any atom is -0.502 e. The molecule has 0 amide bonds. The fourth-order valence-electron chi connectivity index (χ4n) is 3.82. The topological polar surface area (TPSA) is 112 Å². The monoisotopic (exact) mass is 502 g/mol. The van der Waals surface area contributed by atoms with Crippen LogP contribution in [0.4, 0.5) is 0 Å². The lowest BCUT2D eigenvalue weighted by atomic mass is 10.1. The molecule has 9 heteroatoms. The van der Waals surface area contributed by atoms with Gasteiger partial charge >= 0.3 is 5.69 Å². The first kappa shape index (κ1) is 25.2. The molecule has 0 fully saturated rings. The molecular weight excluding hydrogens is 476 g/mol. The third-order valence-electron chi connectivity index (χ3n) is 5.75. The summed E-state index contributed by atoms with van der Waals surface area (Å²) < 4.78 is 22.4. The molecule has 0 saturated carbocycles. The molecule has 0 bridgehead atoms. The van der Waals surface area contributed by atoms with Crippen LogP contribution in [0.5, 0.6) is 28.7 Å². The summed E-state index contributed by atoms with van der Waals surface area (Å²) in [5.41, 5.74) is 2.50. The van der Waals surface area contributed by atoms with E-state index in [-0.39, 0.29) is 28.7 Å². The maximum absolute atomic E-state index is 12.9. The van der Waals surface area contributed by atoms with Crippen molar-refractivity contribution < 1.29 is 28.8 Å². The Hall–Kier alpha value is -4.92. The number of carbonyl (C=O) groups is 1. The van der Waals surface area contributed by atoms with Gasteiger partial charge in [0.25, 0.3) is 0 Å². The second kappa shape index (κ2) is 10.8. The van der Waals surface area contributed by atoms with Gasteiger partial charge in [0.15, 0.2) is 28.8 Å². The molecule has 0 aliphatic rings. The maximum atomic E-state index is 12.9. The maximum Gasteiger partial charge on any atom is 0.330 e. The molecule has 3 aromatic carbocycles. The predicted molar refractivity (Wildman–Crippen MR) is 140 cm³/mol. The smallest absolute Gasteiger partial charge is 0.330 e. The minimum absolute atomic E-state index is 0.120. The van der Waals surface area contributed by atoms with Gasteiger partial charge in [0.05, 0.1) is 39.8 Å². The van der Waals surface area contributed by atoms with Crippen LogP contribution in [0.1, 0.15) is 15.9 Å². The molecule has 0 saturated heterocycles. The quantitative estimate of drug-likeness (QED) is 0.257. The third-order valence-corrected chi connectivity index (χ3v) is 5.75. The van der Waals surface area contributed by atoms with Crippen molar-refractivity contribution in [3.63, 3.8) is 0 Å². The Morgan fingerprint density at radius 1 is 0.865 bits per heavy atom. The Morgan fingerprint density at radius 3 is 2.19 bits per heavy atom. The molecule has 9 nitrogen and oxygen atoms in total. The molecule has 4 aromatic rings. The van der Waals surface area contributed by atoms with E-state index in [2.05, 4.69) is 4.98 Å². The number of nitrogens with one attached hydrogen (secondary N) is 1. The fourth-order valence-corrected chi connectivity index (χ4v) is 3.82. The zero-order chi connectivity index (χ0) is 26.5. The Morgan fingerprint density at radius 2 is 1.54 bits per heavy atom. The van der Waals surface area contributed by atoms with Gasteiger partial charge in [-0.3, -0.25) is 9.36 Å². The number of phenols is 1. The number of carbonyl (C=O) groups excluding carboxylic acids is 1. The molecule has 0 aliphatic heterocycles. The third kappa shape index (κ3) is 5.20. The summed E-state index contributed by atoms with van der Waals surface area (Å²) in [7, 11) is 5.95. The van der Waals surface area contributed by atoms with Crippen LogP contribution in [0.2, 0.25) is 0 Å². The number of aromatic hydroxyl groups is 1. The molecule has 0 unspecified atom stereocenters. The number of hydrogen-bond donors (Lipinski definition) is 2. The van der Waals surface area contributed by atoms with Crippen molar-refractivity contribution in [2.24, 2.45) is 0 Å². The van der Waals surface area contributed by atoms with Gasteiger partial charge in [-0.2, -0.15) is 0 Å². The van der Waals surface area contributed by atoms with E-state index in [1.165, 1.54) is 24.9 Å². The highest BCUT2D eigenvalue weighted by molar-refractivity contribution is 6.07. The van der Waals surface area contributed by atoms with Gasteiger partial charge in [0.2, 0.25) is 5.75 Å². The SMILES string of the molecule is COc1ccc(-c2cn(-c3cccc(C(=O)/C=C/c4cc(OC)c(O)c(OC)c4)c3)c(=O)[nH]2)cc1OC. The van der Waals surface area contributed by atoms with E-state index in [4.69, 9.17) is 18.9 Å². The lowest BCUT2D eigenvalue weighted by Gasteiger charge is -2.09. The number of ether oxygens (including phenoxy) is 4. The Kier molecular flexibility index (Phi) is 7.34. The zero-order valence-corrected chi connectivity index (χ0v) is 20.8. The summed E-state index contributed by atoms with van der Waals surface area (Å²) >= 11 is 0.